The predicted octanol–water partition coefficient (Wildman–Crippen LogP) is 2.82. The summed E-state index contributed by atoms with van der Waals surface area (Å²) in [5.74, 6) is -0.737. The number of halogens is 3. The lowest BCUT2D eigenvalue weighted by molar-refractivity contribution is -0.0174. The molecule has 0 aromatic heterocycles. The molecule has 0 bridgehead atoms. The Kier molecular flexibility index (Phi) is 10.9. The van der Waals surface area contributed by atoms with Crippen LogP contribution in [0, 0.1) is 11.6 Å². The summed E-state index contributed by atoms with van der Waals surface area (Å²) in [5.41, 5.74) is 0.809. The van der Waals surface area contributed by atoms with Crippen LogP contribution in [0.5, 0.6) is 0 Å². The average molecular weight is 551 g/mol. The number of rotatable bonds is 6. The highest BCUT2D eigenvalue weighted by Gasteiger charge is 2.24. The molecule has 2 atom stereocenters. The first kappa shape index (κ1) is 26.2. The van der Waals surface area contributed by atoms with Gasteiger partial charge in [0.2, 0.25) is 0 Å². The van der Waals surface area contributed by atoms with Crippen LogP contribution in [0.4, 0.5) is 8.78 Å². The fourth-order valence-corrected chi connectivity index (χ4v) is 4.28. The van der Waals surface area contributed by atoms with Crippen molar-refractivity contribution in [2.24, 2.45) is 4.99 Å². The normalized spacial score (nSPS) is 22.6. The quantitative estimate of drug-likeness (QED) is 0.324. The summed E-state index contributed by atoms with van der Waals surface area (Å²) in [6.45, 7) is 10.3. The number of piperidine rings is 1. The van der Waals surface area contributed by atoms with E-state index < -0.39 is 11.6 Å². The molecular weight excluding hydrogens is 515 g/mol. The zero-order valence-corrected chi connectivity index (χ0v) is 21.1. The van der Waals surface area contributed by atoms with Crippen LogP contribution >= 0.6 is 24.0 Å². The largest absolute Gasteiger partial charge is 0.379 e. The zero-order valence-electron chi connectivity index (χ0n) is 18.7. The molecule has 31 heavy (non-hydrogen) atoms. The second kappa shape index (κ2) is 12.9. The van der Waals surface area contributed by atoms with Crippen molar-refractivity contribution in [2.75, 3.05) is 46.4 Å². The van der Waals surface area contributed by atoms with Crippen molar-refractivity contribution in [1.82, 2.24) is 20.4 Å². The summed E-state index contributed by atoms with van der Waals surface area (Å²) in [6, 6.07) is 5.35. The molecule has 0 amide bonds. The van der Waals surface area contributed by atoms with Crippen LogP contribution in [-0.2, 0) is 11.3 Å². The van der Waals surface area contributed by atoms with Crippen LogP contribution in [0.25, 0.3) is 0 Å². The minimum atomic E-state index is -0.794. The minimum absolute atomic E-state index is 0. The lowest BCUT2D eigenvalue weighted by Gasteiger charge is -2.38. The molecular formula is C22H36F2IN5O. The van der Waals surface area contributed by atoms with Crippen molar-refractivity contribution >= 4 is 29.9 Å². The molecule has 0 radical (unpaired) electrons. The van der Waals surface area contributed by atoms with Gasteiger partial charge in [0.1, 0.15) is 0 Å². The van der Waals surface area contributed by atoms with Gasteiger partial charge in [-0.05, 0) is 44.4 Å². The van der Waals surface area contributed by atoms with E-state index >= 15 is 0 Å². The van der Waals surface area contributed by atoms with Gasteiger partial charge in [-0.25, -0.2) is 8.78 Å². The van der Waals surface area contributed by atoms with Crippen molar-refractivity contribution in [2.45, 2.75) is 51.4 Å². The molecule has 3 rings (SSSR count). The first-order valence-corrected chi connectivity index (χ1v) is 10.9. The number of likely N-dealkylation sites (tertiary alicyclic amines) is 1. The number of hydrogen-bond donors (Lipinski definition) is 2. The predicted molar refractivity (Wildman–Crippen MR) is 131 cm³/mol. The maximum Gasteiger partial charge on any atom is 0.191 e. The smallest absolute Gasteiger partial charge is 0.191 e. The molecule has 2 aliphatic heterocycles. The zero-order chi connectivity index (χ0) is 21.5. The summed E-state index contributed by atoms with van der Waals surface area (Å²) in [5, 5.41) is 7.00. The Morgan fingerprint density at radius 1 is 1.23 bits per heavy atom. The van der Waals surface area contributed by atoms with Gasteiger partial charge >= 0.3 is 0 Å². The Morgan fingerprint density at radius 3 is 2.61 bits per heavy atom. The van der Waals surface area contributed by atoms with Gasteiger partial charge in [-0.15, -0.1) is 24.0 Å². The highest BCUT2D eigenvalue weighted by atomic mass is 127. The number of ether oxygens (including phenoxy) is 1. The van der Waals surface area contributed by atoms with E-state index in [0.29, 0.717) is 24.7 Å². The Balaban J connectivity index is 0.00000341. The molecule has 6 nitrogen and oxygen atoms in total. The first-order valence-electron chi connectivity index (χ1n) is 10.9. The van der Waals surface area contributed by atoms with Gasteiger partial charge in [-0.2, -0.15) is 0 Å². The molecule has 176 valence electrons. The van der Waals surface area contributed by atoms with Gasteiger partial charge < -0.3 is 15.4 Å². The van der Waals surface area contributed by atoms with Gasteiger partial charge in [-0.3, -0.25) is 14.8 Å². The number of hydrogen-bond acceptors (Lipinski definition) is 4. The van der Waals surface area contributed by atoms with E-state index in [1.54, 1.807) is 13.1 Å². The molecule has 0 saturated carbocycles. The third-order valence-electron chi connectivity index (χ3n) is 6.09. The molecule has 0 aliphatic carbocycles. The Hall–Kier alpha value is -1.04. The number of benzene rings is 1. The SMILES string of the molecule is CN=C(NCC(C)N1CCOCC1C)NC1CCN(Cc2ccc(F)c(F)c2)CC1.I. The molecule has 2 aliphatic rings. The monoisotopic (exact) mass is 551 g/mol. The molecule has 2 unspecified atom stereocenters. The van der Waals surface area contributed by atoms with E-state index in [0.717, 1.165) is 63.8 Å². The Bertz CT molecular complexity index is 715. The standard InChI is InChI=1S/C22H35F2N5O.HI/c1-16(29-10-11-30-15-17(29)2)13-26-22(25-3)27-19-6-8-28(9-7-19)14-18-4-5-20(23)21(24)12-18;/h4-5,12,16-17,19H,6-11,13-15H2,1-3H3,(H2,25,26,27);1H. The minimum Gasteiger partial charge on any atom is -0.379 e. The number of nitrogens with zero attached hydrogens (tertiary/aromatic N) is 3. The third kappa shape index (κ3) is 7.80. The molecule has 2 heterocycles. The van der Waals surface area contributed by atoms with E-state index in [4.69, 9.17) is 4.74 Å². The van der Waals surface area contributed by atoms with Crippen LogP contribution < -0.4 is 10.6 Å². The third-order valence-corrected chi connectivity index (χ3v) is 6.09. The van der Waals surface area contributed by atoms with Crippen LogP contribution in [0.3, 0.4) is 0 Å². The van der Waals surface area contributed by atoms with Crippen molar-refractivity contribution < 1.29 is 13.5 Å². The number of aliphatic imine (C=N–C) groups is 1. The van der Waals surface area contributed by atoms with Gasteiger partial charge in [0.05, 0.1) is 13.2 Å². The number of guanidine groups is 1. The first-order chi connectivity index (χ1) is 14.5. The van der Waals surface area contributed by atoms with Gasteiger partial charge in [0.25, 0.3) is 0 Å². The van der Waals surface area contributed by atoms with Crippen LogP contribution in [0.2, 0.25) is 0 Å². The van der Waals surface area contributed by atoms with Crippen molar-refractivity contribution in [1.29, 1.82) is 0 Å². The lowest BCUT2D eigenvalue weighted by atomic mass is 10.0. The second-order valence-electron chi connectivity index (χ2n) is 8.41. The van der Waals surface area contributed by atoms with Crippen LogP contribution in [0.1, 0.15) is 32.3 Å². The van der Waals surface area contributed by atoms with Crippen molar-refractivity contribution in [3.05, 3.63) is 35.4 Å². The van der Waals surface area contributed by atoms with Crippen LogP contribution in [0.15, 0.2) is 23.2 Å². The highest BCUT2D eigenvalue weighted by Crippen LogP contribution is 2.16. The van der Waals surface area contributed by atoms with Gasteiger partial charge in [-0.1, -0.05) is 6.07 Å². The maximum atomic E-state index is 13.4. The van der Waals surface area contributed by atoms with Crippen molar-refractivity contribution in [3.63, 3.8) is 0 Å². The summed E-state index contributed by atoms with van der Waals surface area (Å²) >= 11 is 0. The maximum absolute atomic E-state index is 13.4. The number of morpholine rings is 1. The Morgan fingerprint density at radius 2 is 1.97 bits per heavy atom. The average Bonchev–Trinajstić information content (AvgIpc) is 2.75. The lowest BCUT2D eigenvalue weighted by Crippen LogP contribution is -2.54. The number of nitrogens with one attached hydrogen (secondary N) is 2. The van der Waals surface area contributed by atoms with E-state index in [9.17, 15) is 8.78 Å². The van der Waals surface area contributed by atoms with Gasteiger partial charge in [0, 0.05) is 57.9 Å². The summed E-state index contributed by atoms with van der Waals surface area (Å²) in [4.78, 5) is 9.14. The van der Waals surface area contributed by atoms with Crippen LogP contribution in [-0.4, -0.2) is 80.3 Å². The summed E-state index contributed by atoms with van der Waals surface area (Å²) in [7, 11) is 1.80. The van der Waals surface area contributed by atoms with E-state index in [1.165, 1.54) is 12.1 Å². The molecule has 0 spiro atoms. The molecule has 2 saturated heterocycles. The molecule has 2 N–H and O–H groups in total. The topological polar surface area (TPSA) is 52.1 Å². The fraction of sp³-hybridized carbons (Fsp3) is 0.682. The van der Waals surface area contributed by atoms with E-state index in [2.05, 4.69) is 39.3 Å². The van der Waals surface area contributed by atoms with E-state index in [-0.39, 0.29) is 24.0 Å². The van der Waals surface area contributed by atoms with Crippen molar-refractivity contribution in [3.8, 4) is 0 Å². The summed E-state index contributed by atoms with van der Waals surface area (Å²) in [6.07, 6.45) is 1.97. The Labute approximate surface area is 201 Å². The highest BCUT2D eigenvalue weighted by molar-refractivity contribution is 14.0. The second-order valence-corrected chi connectivity index (χ2v) is 8.41. The molecule has 9 heteroatoms. The molecule has 1 aromatic rings. The summed E-state index contributed by atoms with van der Waals surface area (Å²) < 4.78 is 32.0. The van der Waals surface area contributed by atoms with Gasteiger partial charge in [0.15, 0.2) is 17.6 Å². The van der Waals surface area contributed by atoms with E-state index in [1.807, 2.05) is 0 Å². The molecule has 2 fully saturated rings. The molecule has 1 aromatic carbocycles. The fourth-order valence-electron chi connectivity index (χ4n) is 4.28.